The molecule has 21 heavy (non-hydrogen) atoms. The van der Waals surface area contributed by atoms with Crippen molar-refractivity contribution in [3.05, 3.63) is 30.1 Å². The molecule has 1 aliphatic heterocycles. The van der Waals surface area contributed by atoms with Gasteiger partial charge < -0.3 is 10.6 Å². The normalized spacial score (nSPS) is 20.5. The highest BCUT2D eigenvalue weighted by Gasteiger charge is 2.35. The van der Waals surface area contributed by atoms with Crippen LogP contribution in [0.1, 0.15) is 13.3 Å². The van der Waals surface area contributed by atoms with E-state index in [2.05, 4.69) is 0 Å². The number of hydrogen-bond acceptors (Lipinski definition) is 4. The van der Waals surface area contributed by atoms with Crippen LogP contribution in [-0.2, 0) is 14.6 Å². The zero-order valence-corrected chi connectivity index (χ0v) is 12.6. The third-order valence-electron chi connectivity index (χ3n) is 3.89. The Morgan fingerprint density at radius 1 is 1.43 bits per heavy atom. The maximum absolute atomic E-state index is 12.9. The van der Waals surface area contributed by atoms with Crippen molar-refractivity contribution in [3.63, 3.8) is 0 Å². The third-order valence-corrected chi connectivity index (χ3v) is 5.95. The summed E-state index contributed by atoms with van der Waals surface area (Å²) in [6.45, 7) is 2.89. The van der Waals surface area contributed by atoms with E-state index in [1.807, 2.05) is 0 Å². The van der Waals surface area contributed by atoms with Crippen LogP contribution in [0.3, 0.4) is 0 Å². The van der Waals surface area contributed by atoms with Gasteiger partial charge in [0, 0.05) is 13.1 Å². The molecule has 0 spiro atoms. The number of halogens is 1. The average molecular weight is 314 g/mol. The summed E-state index contributed by atoms with van der Waals surface area (Å²) in [6, 6.07) is 4.51. The van der Waals surface area contributed by atoms with Gasteiger partial charge in [0.25, 0.3) is 0 Å². The van der Waals surface area contributed by atoms with Gasteiger partial charge in [-0.3, -0.25) is 4.79 Å². The minimum absolute atomic E-state index is 0.0423. The predicted octanol–water partition coefficient (Wildman–Crippen LogP) is 0.795. The van der Waals surface area contributed by atoms with Gasteiger partial charge in [-0.15, -0.1) is 0 Å². The zero-order chi connectivity index (χ0) is 15.6. The number of amides is 1. The van der Waals surface area contributed by atoms with E-state index in [1.54, 1.807) is 4.90 Å². The van der Waals surface area contributed by atoms with Crippen molar-refractivity contribution in [2.24, 2.45) is 11.7 Å². The van der Waals surface area contributed by atoms with E-state index in [-0.39, 0.29) is 10.8 Å². The quantitative estimate of drug-likeness (QED) is 0.834. The summed E-state index contributed by atoms with van der Waals surface area (Å²) in [5.41, 5.74) is 5.57. The molecule has 1 heterocycles. The molecule has 0 unspecified atom stereocenters. The van der Waals surface area contributed by atoms with Gasteiger partial charge in [-0.05, 0) is 50.1 Å². The molecule has 116 valence electrons. The van der Waals surface area contributed by atoms with Crippen LogP contribution in [0.4, 0.5) is 4.39 Å². The number of nitrogens with two attached hydrogens (primary N) is 1. The maximum Gasteiger partial charge on any atom is 0.241 e. The van der Waals surface area contributed by atoms with Gasteiger partial charge in [-0.2, -0.15) is 0 Å². The first kappa shape index (κ1) is 15.9. The lowest BCUT2D eigenvalue weighted by Gasteiger charge is -2.21. The standard InChI is InChI=1S/C14H19FN2O3S/c1-10(14(18)17-7-6-11(8-16)9-17)21(19,20)13-4-2-12(15)3-5-13/h2-5,10-11H,6-9,16H2,1H3/t10-,11+/m0/s1. The molecule has 0 aliphatic carbocycles. The first-order valence-electron chi connectivity index (χ1n) is 6.84. The Morgan fingerprint density at radius 3 is 2.57 bits per heavy atom. The second kappa shape index (κ2) is 6.11. The van der Waals surface area contributed by atoms with Crippen LogP contribution in [0.25, 0.3) is 0 Å². The number of carbonyl (C=O) groups is 1. The van der Waals surface area contributed by atoms with E-state index < -0.39 is 26.8 Å². The second-order valence-electron chi connectivity index (χ2n) is 5.32. The van der Waals surface area contributed by atoms with Crippen LogP contribution >= 0.6 is 0 Å². The molecule has 7 heteroatoms. The van der Waals surface area contributed by atoms with Gasteiger partial charge in [-0.1, -0.05) is 0 Å². The number of sulfone groups is 1. The van der Waals surface area contributed by atoms with E-state index in [1.165, 1.54) is 19.1 Å². The van der Waals surface area contributed by atoms with Crippen LogP contribution in [0.15, 0.2) is 29.2 Å². The maximum atomic E-state index is 12.9. The summed E-state index contributed by atoms with van der Waals surface area (Å²) >= 11 is 0. The molecular formula is C14H19FN2O3S. The number of nitrogens with zero attached hydrogens (tertiary/aromatic N) is 1. The minimum Gasteiger partial charge on any atom is -0.341 e. The van der Waals surface area contributed by atoms with Crippen LogP contribution in [-0.4, -0.2) is 44.1 Å². The van der Waals surface area contributed by atoms with E-state index in [0.717, 1.165) is 18.6 Å². The fraction of sp³-hybridized carbons (Fsp3) is 0.500. The Hall–Kier alpha value is -1.47. The number of likely N-dealkylation sites (tertiary alicyclic amines) is 1. The van der Waals surface area contributed by atoms with Crippen LogP contribution in [0, 0.1) is 11.7 Å². The molecule has 2 atom stereocenters. The molecule has 1 amide bonds. The Labute approximate surface area is 123 Å². The smallest absolute Gasteiger partial charge is 0.241 e. The lowest BCUT2D eigenvalue weighted by molar-refractivity contribution is -0.129. The van der Waals surface area contributed by atoms with E-state index in [0.29, 0.717) is 19.6 Å². The van der Waals surface area contributed by atoms with Crippen molar-refractivity contribution in [3.8, 4) is 0 Å². The van der Waals surface area contributed by atoms with Crippen LogP contribution in [0.5, 0.6) is 0 Å². The molecule has 0 aromatic heterocycles. The van der Waals surface area contributed by atoms with Crippen LogP contribution < -0.4 is 5.73 Å². The average Bonchev–Trinajstić information content (AvgIpc) is 2.95. The number of carbonyl (C=O) groups excluding carboxylic acids is 1. The van der Waals surface area contributed by atoms with Crippen LogP contribution in [0.2, 0.25) is 0 Å². The molecule has 1 aliphatic rings. The highest BCUT2D eigenvalue weighted by atomic mass is 32.2. The fourth-order valence-electron chi connectivity index (χ4n) is 2.44. The molecule has 1 fully saturated rings. The van der Waals surface area contributed by atoms with Crippen molar-refractivity contribution in [1.82, 2.24) is 4.90 Å². The molecule has 2 rings (SSSR count). The summed E-state index contributed by atoms with van der Waals surface area (Å²) in [5, 5.41) is -1.18. The van der Waals surface area contributed by atoms with Gasteiger partial charge in [0.1, 0.15) is 11.1 Å². The summed E-state index contributed by atoms with van der Waals surface area (Å²) in [4.78, 5) is 13.8. The fourth-order valence-corrected chi connectivity index (χ4v) is 3.78. The number of hydrogen-bond donors (Lipinski definition) is 1. The summed E-state index contributed by atoms with van der Waals surface area (Å²) in [6.07, 6.45) is 0.797. The van der Waals surface area contributed by atoms with E-state index >= 15 is 0 Å². The van der Waals surface area contributed by atoms with Gasteiger partial charge in [-0.25, -0.2) is 12.8 Å². The van der Waals surface area contributed by atoms with E-state index in [9.17, 15) is 17.6 Å². The van der Waals surface area contributed by atoms with E-state index in [4.69, 9.17) is 5.73 Å². The topological polar surface area (TPSA) is 80.5 Å². The number of rotatable bonds is 4. The third kappa shape index (κ3) is 3.24. The van der Waals surface area contributed by atoms with Gasteiger partial charge in [0.05, 0.1) is 4.90 Å². The Morgan fingerprint density at radius 2 is 2.05 bits per heavy atom. The predicted molar refractivity (Wildman–Crippen MR) is 76.8 cm³/mol. The molecule has 0 saturated carbocycles. The Balaban J connectivity index is 2.16. The molecule has 2 N–H and O–H groups in total. The highest BCUT2D eigenvalue weighted by Crippen LogP contribution is 2.21. The SMILES string of the molecule is C[C@@H](C(=O)N1CC[C@H](CN)C1)S(=O)(=O)c1ccc(F)cc1. The molecular weight excluding hydrogens is 295 g/mol. The Bertz CT molecular complexity index is 616. The lowest BCUT2D eigenvalue weighted by atomic mass is 10.1. The largest absolute Gasteiger partial charge is 0.341 e. The first-order chi connectivity index (χ1) is 9.86. The summed E-state index contributed by atoms with van der Waals surface area (Å²) in [7, 11) is -3.81. The molecule has 1 saturated heterocycles. The number of benzene rings is 1. The van der Waals surface area contributed by atoms with Crippen molar-refractivity contribution < 1.29 is 17.6 Å². The van der Waals surface area contributed by atoms with Gasteiger partial charge >= 0.3 is 0 Å². The van der Waals surface area contributed by atoms with Gasteiger partial charge in [0.2, 0.25) is 5.91 Å². The molecule has 1 aromatic rings. The van der Waals surface area contributed by atoms with Crippen molar-refractivity contribution in [2.45, 2.75) is 23.5 Å². The monoisotopic (exact) mass is 314 g/mol. The minimum atomic E-state index is -3.81. The Kier molecular flexibility index (Phi) is 4.63. The molecule has 0 bridgehead atoms. The lowest BCUT2D eigenvalue weighted by Crippen LogP contribution is -2.40. The second-order valence-corrected chi connectivity index (χ2v) is 7.58. The molecule has 0 radical (unpaired) electrons. The first-order valence-corrected chi connectivity index (χ1v) is 8.39. The molecule has 5 nitrogen and oxygen atoms in total. The highest BCUT2D eigenvalue weighted by molar-refractivity contribution is 7.92. The van der Waals surface area contributed by atoms with Crippen molar-refractivity contribution >= 4 is 15.7 Å². The summed E-state index contributed by atoms with van der Waals surface area (Å²) in [5.74, 6) is -0.705. The zero-order valence-electron chi connectivity index (χ0n) is 11.8. The van der Waals surface area contributed by atoms with Crippen molar-refractivity contribution in [2.75, 3.05) is 19.6 Å². The van der Waals surface area contributed by atoms with Gasteiger partial charge in [0.15, 0.2) is 9.84 Å². The summed E-state index contributed by atoms with van der Waals surface area (Å²) < 4.78 is 37.7. The van der Waals surface area contributed by atoms with Crippen molar-refractivity contribution in [1.29, 1.82) is 0 Å². The molecule has 1 aromatic carbocycles.